The summed E-state index contributed by atoms with van der Waals surface area (Å²) in [5.41, 5.74) is 5.04. The van der Waals surface area contributed by atoms with Gasteiger partial charge < -0.3 is 0 Å². The van der Waals surface area contributed by atoms with E-state index in [0.29, 0.717) is 12.2 Å². The molecule has 0 aliphatic carbocycles. The van der Waals surface area contributed by atoms with E-state index in [0.717, 1.165) is 19.3 Å². The predicted octanol–water partition coefficient (Wildman–Crippen LogP) is 4.94. The highest BCUT2D eigenvalue weighted by molar-refractivity contribution is 5.83. The lowest BCUT2D eigenvalue weighted by atomic mass is 9.88. The molecule has 0 saturated carbocycles. The van der Waals surface area contributed by atoms with Crippen molar-refractivity contribution in [1.82, 2.24) is 0 Å². The van der Waals surface area contributed by atoms with Gasteiger partial charge in [-0.1, -0.05) is 44.4 Å². The molecule has 1 aromatic rings. The van der Waals surface area contributed by atoms with E-state index in [1.54, 1.807) is 0 Å². The Kier molecular flexibility index (Phi) is 6.27. The number of carbonyl (C=O) groups excluding carboxylic acids is 1. The average Bonchev–Trinajstić information content (AvgIpc) is 2.34. The monoisotopic (exact) mass is 260 g/mol. The molecule has 1 aromatic carbocycles. The highest BCUT2D eigenvalue weighted by Crippen LogP contribution is 2.21. The number of hydrogen-bond acceptors (Lipinski definition) is 1. The molecule has 1 heteroatoms. The Morgan fingerprint density at radius 1 is 1.11 bits per heavy atom. The van der Waals surface area contributed by atoms with Crippen LogP contribution in [0, 0.1) is 26.7 Å². The van der Waals surface area contributed by atoms with Crippen molar-refractivity contribution in [2.75, 3.05) is 0 Å². The second kappa shape index (κ2) is 7.47. The summed E-state index contributed by atoms with van der Waals surface area (Å²) < 4.78 is 0. The topological polar surface area (TPSA) is 17.1 Å². The first-order chi connectivity index (χ1) is 8.99. The fourth-order valence-corrected chi connectivity index (χ4v) is 2.85. The first kappa shape index (κ1) is 15.9. The minimum atomic E-state index is 0.250. The standard InChI is InChI=1S/C18H28O/c1-6-8-9-16(7-2)18(19)12-17-14(4)10-13(3)11-15(17)5/h10-11,16H,6-9,12H2,1-5H3. The number of ketones is 1. The molecule has 0 N–H and O–H groups in total. The molecule has 0 saturated heterocycles. The predicted molar refractivity (Wildman–Crippen MR) is 82.7 cm³/mol. The molecule has 0 aromatic heterocycles. The molecule has 0 spiro atoms. The lowest BCUT2D eigenvalue weighted by Crippen LogP contribution is -2.17. The second-order valence-electron chi connectivity index (χ2n) is 5.77. The quantitative estimate of drug-likeness (QED) is 0.678. The fraction of sp³-hybridized carbons (Fsp3) is 0.611. The zero-order chi connectivity index (χ0) is 14.4. The van der Waals surface area contributed by atoms with Crippen LogP contribution in [0.3, 0.4) is 0 Å². The van der Waals surface area contributed by atoms with Gasteiger partial charge in [0.2, 0.25) is 0 Å². The summed E-state index contributed by atoms with van der Waals surface area (Å²) in [6, 6.07) is 4.37. The molecule has 1 rings (SSSR count). The van der Waals surface area contributed by atoms with Crippen molar-refractivity contribution < 1.29 is 4.79 Å². The van der Waals surface area contributed by atoms with Gasteiger partial charge in [0.1, 0.15) is 5.78 Å². The summed E-state index contributed by atoms with van der Waals surface area (Å²) >= 11 is 0. The Morgan fingerprint density at radius 2 is 1.68 bits per heavy atom. The number of benzene rings is 1. The summed E-state index contributed by atoms with van der Waals surface area (Å²) in [6.07, 6.45) is 4.97. The van der Waals surface area contributed by atoms with Gasteiger partial charge in [-0.15, -0.1) is 0 Å². The molecular formula is C18H28O. The van der Waals surface area contributed by atoms with E-state index in [-0.39, 0.29) is 5.92 Å². The number of unbranched alkanes of at least 4 members (excludes halogenated alkanes) is 1. The van der Waals surface area contributed by atoms with Crippen LogP contribution in [0.2, 0.25) is 0 Å². The minimum Gasteiger partial charge on any atom is -0.299 e. The zero-order valence-electron chi connectivity index (χ0n) is 13.2. The summed E-state index contributed by atoms with van der Waals surface area (Å²) in [6.45, 7) is 10.7. The van der Waals surface area contributed by atoms with Gasteiger partial charge in [-0.2, -0.15) is 0 Å². The van der Waals surface area contributed by atoms with Crippen molar-refractivity contribution in [3.05, 3.63) is 34.4 Å². The van der Waals surface area contributed by atoms with Crippen LogP contribution in [0.4, 0.5) is 0 Å². The van der Waals surface area contributed by atoms with Gasteiger partial charge in [0, 0.05) is 12.3 Å². The molecule has 1 nitrogen and oxygen atoms in total. The van der Waals surface area contributed by atoms with Gasteiger partial charge in [-0.25, -0.2) is 0 Å². The number of Topliss-reactive ketones (excluding diaryl/α,β-unsaturated/α-hetero) is 1. The van der Waals surface area contributed by atoms with E-state index in [9.17, 15) is 4.79 Å². The number of rotatable bonds is 7. The van der Waals surface area contributed by atoms with Gasteiger partial charge in [-0.05, 0) is 50.3 Å². The fourth-order valence-electron chi connectivity index (χ4n) is 2.85. The summed E-state index contributed by atoms with van der Waals surface area (Å²) in [7, 11) is 0. The highest BCUT2D eigenvalue weighted by atomic mass is 16.1. The normalized spacial score (nSPS) is 12.5. The molecule has 0 aliphatic heterocycles. The van der Waals surface area contributed by atoms with E-state index in [1.165, 1.54) is 28.7 Å². The first-order valence-corrected chi connectivity index (χ1v) is 7.59. The van der Waals surface area contributed by atoms with Crippen molar-refractivity contribution in [2.24, 2.45) is 5.92 Å². The smallest absolute Gasteiger partial charge is 0.140 e. The molecule has 19 heavy (non-hydrogen) atoms. The van der Waals surface area contributed by atoms with Crippen LogP contribution in [-0.4, -0.2) is 5.78 Å². The van der Waals surface area contributed by atoms with Gasteiger partial charge in [0.25, 0.3) is 0 Å². The summed E-state index contributed by atoms with van der Waals surface area (Å²) in [4.78, 5) is 12.4. The van der Waals surface area contributed by atoms with Gasteiger partial charge >= 0.3 is 0 Å². The number of carbonyl (C=O) groups is 1. The summed E-state index contributed by atoms with van der Waals surface area (Å²) in [5, 5.41) is 0. The van der Waals surface area contributed by atoms with Gasteiger partial charge in [-0.3, -0.25) is 4.79 Å². The molecule has 0 fully saturated rings. The van der Waals surface area contributed by atoms with Gasteiger partial charge in [0.15, 0.2) is 0 Å². The van der Waals surface area contributed by atoms with E-state index >= 15 is 0 Å². The largest absolute Gasteiger partial charge is 0.299 e. The van der Waals surface area contributed by atoms with E-state index in [1.807, 2.05) is 0 Å². The maximum Gasteiger partial charge on any atom is 0.140 e. The lowest BCUT2D eigenvalue weighted by Gasteiger charge is -2.16. The Hall–Kier alpha value is -1.11. The van der Waals surface area contributed by atoms with Crippen LogP contribution >= 0.6 is 0 Å². The number of hydrogen-bond donors (Lipinski definition) is 0. The summed E-state index contributed by atoms with van der Waals surface area (Å²) in [5.74, 6) is 0.672. The molecule has 1 atom stereocenters. The third-order valence-corrected chi connectivity index (χ3v) is 4.05. The number of aryl methyl sites for hydroxylation is 3. The van der Waals surface area contributed by atoms with Gasteiger partial charge in [0.05, 0.1) is 0 Å². The van der Waals surface area contributed by atoms with E-state index in [2.05, 4.69) is 46.8 Å². The maximum absolute atomic E-state index is 12.4. The molecular weight excluding hydrogens is 232 g/mol. The second-order valence-corrected chi connectivity index (χ2v) is 5.77. The highest BCUT2D eigenvalue weighted by Gasteiger charge is 2.18. The molecule has 0 radical (unpaired) electrons. The van der Waals surface area contributed by atoms with Crippen molar-refractivity contribution in [3.63, 3.8) is 0 Å². The SMILES string of the molecule is CCCCC(CC)C(=O)Cc1c(C)cc(C)cc1C. The van der Waals surface area contributed by atoms with E-state index in [4.69, 9.17) is 0 Å². The molecule has 0 heterocycles. The Morgan fingerprint density at radius 3 is 2.16 bits per heavy atom. The molecule has 1 unspecified atom stereocenters. The maximum atomic E-state index is 12.4. The van der Waals surface area contributed by atoms with Crippen LogP contribution in [0.15, 0.2) is 12.1 Å². The van der Waals surface area contributed by atoms with Crippen molar-refractivity contribution >= 4 is 5.78 Å². The van der Waals surface area contributed by atoms with E-state index < -0.39 is 0 Å². The van der Waals surface area contributed by atoms with Crippen LogP contribution in [0.1, 0.15) is 61.8 Å². The minimum absolute atomic E-state index is 0.250. The Balaban J connectivity index is 2.81. The van der Waals surface area contributed by atoms with Crippen LogP contribution in [-0.2, 0) is 11.2 Å². The molecule has 0 bridgehead atoms. The average molecular weight is 260 g/mol. The van der Waals surface area contributed by atoms with Crippen LogP contribution in [0.5, 0.6) is 0 Å². The van der Waals surface area contributed by atoms with Crippen LogP contribution < -0.4 is 0 Å². The molecule has 106 valence electrons. The first-order valence-electron chi connectivity index (χ1n) is 7.59. The zero-order valence-corrected chi connectivity index (χ0v) is 13.2. The third kappa shape index (κ3) is 4.49. The van der Waals surface area contributed by atoms with Crippen molar-refractivity contribution in [3.8, 4) is 0 Å². The Labute approximate surface area is 118 Å². The van der Waals surface area contributed by atoms with Crippen molar-refractivity contribution in [1.29, 1.82) is 0 Å². The molecule has 0 aliphatic rings. The third-order valence-electron chi connectivity index (χ3n) is 4.05. The molecule has 0 amide bonds. The lowest BCUT2D eigenvalue weighted by molar-refractivity contribution is -0.122. The van der Waals surface area contributed by atoms with Crippen molar-refractivity contribution in [2.45, 2.75) is 66.7 Å². The van der Waals surface area contributed by atoms with Crippen LogP contribution in [0.25, 0.3) is 0 Å². The Bertz CT molecular complexity index is 408.